The van der Waals surface area contributed by atoms with Crippen LogP contribution in [0.5, 0.6) is 0 Å². The molecule has 5 N–H and O–H groups in total. The lowest BCUT2D eigenvalue weighted by Crippen LogP contribution is -2.18. The van der Waals surface area contributed by atoms with Gasteiger partial charge >= 0.3 is 5.97 Å². The van der Waals surface area contributed by atoms with E-state index in [2.05, 4.69) is 25.3 Å². The zero-order valence-electron chi connectivity index (χ0n) is 16.4. The molecule has 0 radical (unpaired) electrons. The van der Waals surface area contributed by atoms with Crippen LogP contribution in [0.2, 0.25) is 0 Å². The molecule has 3 rings (SSSR count). The molecule has 0 saturated heterocycles. The Balaban J connectivity index is 1.64. The Hall–Kier alpha value is -3.82. The largest absolute Gasteiger partial charge is 0.481 e. The van der Waals surface area contributed by atoms with Crippen LogP contribution in [0.3, 0.4) is 0 Å². The van der Waals surface area contributed by atoms with Gasteiger partial charge in [0.25, 0.3) is 5.56 Å². The summed E-state index contributed by atoms with van der Waals surface area (Å²) in [6.45, 7) is 2.19. The van der Waals surface area contributed by atoms with E-state index in [9.17, 15) is 19.5 Å². The van der Waals surface area contributed by atoms with Crippen LogP contribution in [-0.2, 0) is 11.3 Å². The van der Waals surface area contributed by atoms with Crippen LogP contribution in [0.1, 0.15) is 42.2 Å². The molecule has 0 fully saturated rings. The Kier molecular flexibility index (Phi) is 6.35. The number of rotatable bonds is 9. The van der Waals surface area contributed by atoms with E-state index in [1.807, 2.05) is 6.92 Å². The first-order valence-electron chi connectivity index (χ1n) is 9.48. The molecule has 1 atom stereocenters. The maximum Gasteiger partial charge on any atom is 0.306 e. The van der Waals surface area contributed by atoms with Gasteiger partial charge in [-0.15, -0.1) is 0 Å². The van der Waals surface area contributed by atoms with E-state index in [1.54, 1.807) is 24.3 Å². The molecule has 10 nitrogen and oxygen atoms in total. The van der Waals surface area contributed by atoms with Gasteiger partial charge in [0.2, 0.25) is 5.95 Å². The third-order valence-electron chi connectivity index (χ3n) is 4.58. The van der Waals surface area contributed by atoms with E-state index in [1.165, 1.54) is 6.20 Å². The number of aromatic amines is 1. The third kappa shape index (κ3) is 4.96. The van der Waals surface area contributed by atoms with E-state index in [4.69, 9.17) is 5.73 Å². The number of H-pyrrole nitrogens is 1. The number of aliphatic carboxylic acids is 1. The average Bonchev–Trinajstić information content (AvgIpc) is 2.72. The first-order chi connectivity index (χ1) is 14.4. The molecule has 0 unspecified atom stereocenters. The molecule has 3 aromatic rings. The number of carboxylic acids is 1. The van der Waals surface area contributed by atoms with Gasteiger partial charge in [-0.2, -0.15) is 4.98 Å². The van der Waals surface area contributed by atoms with Crippen molar-refractivity contribution >= 4 is 34.6 Å². The van der Waals surface area contributed by atoms with Crippen molar-refractivity contribution in [2.75, 3.05) is 11.1 Å². The average molecular weight is 410 g/mol. The van der Waals surface area contributed by atoms with Gasteiger partial charge in [-0.05, 0) is 30.7 Å². The molecular weight excluding hydrogens is 388 g/mol. The van der Waals surface area contributed by atoms with Gasteiger partial charge in [-0.1, -0.05) is 13.3 Å². The molecule has 10 heteroatoms. The molecule has 0 aliphatic heterocycles. The fraction of sp³-hybridized carbons (Fsp3) is 0.300. The molecule has 30 heavy (non-hydrogen) atoms. The highest BCUT2D eigenvalue weighted by Gasteiger charge is 2.21. The second-order valence-corrected chi connectivity index (χ2v) is 6.87. The number of aromatic nitrogens is 4. The molecule has 0 bridgehead atoms. The Labute approximate surface area is 171 Å². The number of nitrogen functional groups attached to an aromatic ring is 1. The van der Waals surface area contributed by atoms with Crippen molar-refractivity contribution in [3.63, 3.8) is 0 Å². The quantitative estimate of drug-likeness (QED) is 0.386. The first kappa shape index (κ1) is 20.9. The number of fused-ring (bicyclic) bond motifs is 1. The predicted octanol–water partition coefficient (Wildman–Crippen LogP) is 1.98. The molecule has 1 aromatic carbocycles. The summed E-state index contributed by atoms with van der Waals surface area (Å²) in [5.41, 5.74) is 7.03. The molecule has 0 aliphatic rings. The summed E-state index contributed by atoms with van der Waals surface area (Å²) in [6.07, 6.45) is 2.66. The number of carbonyl (C=O) groups excluding carboxylic acids is 1. The second-order valence-electron chi connectivity index (χ2n) is 6.87. The molecule has 0 amide bonds. The monoisotopic (exact) mass is 410 g/mol. The minimum absolute atomic E-state index is 0.0181. The van der Waals surface area contributed by atoms with Crippen LogP contribution in [0.25, 0.3) is 11.2 Å². The van der Waals surface area contributed by atoms with Crippen molar-refractivity contribution < 1.29 is 14.7 Å². The number of anilines is 2. The van der Waals surface area contributed by atoms with Gasteiger partial charge in [0.1, 0.15) is 0 Å². The molecule has 0 aliphatic carbocycles. The summed E-state index contributed by atoms with van der Waals surface area (Å²) in [4.78, 5) is 50.2. The van der Waals surface area contributed by atoms with Gasteiger partial charge < -0.3 is 16.2 Å². The number of nitrogens with one attached hydrogen (secondary N) is 2. The minimum Gasteiger partial charge on any atom is -0.481 e. The smallest absolute Gasteiger partial charge is 0.306 e. The predicted molar refractivity (Wildman–Crippen MR) is 111 cm³/mol. The lowest BCUT2D eigenvalue weighted by Gasteiger charge is -2.11. The number of carbonyl (C=O) groups is 2. The maximum absolute atomic E-state index is 12.4. The summed E-state index contributed by atoms with van der Waals surface area (Å²) in [5, 5.41) is 12.4. The van der Waals surface area contributed by atoms with Gasteiger partial charge in [0.05, 0.1) is 24.4 Å². The normalized spacial score (nSPS) is 11.9. The Morgan fingerprint density at radius 2 is 1.97 bits per heavy atom. The first-order valence-corrected chi connectivity index (χ1v) is 9.48. The van der Waals surface area contributed by atoms with Gasteiger partial charge in [-0.3, -0.25) is 19.4 Å². The van der Waals surface area contributed by atoms with Crippen molar-refractivity contribution in [1.29, 1.82) is 0 Å². The van der Waals surface area contributed by atoms with Gasteiger partial charge in [0, 0.05) is 17.7 Å². The van der Waals surface area contributed by atoms with E-state index in [0.29, 0.717) is 30.6 Å². The van der Waals surface area contributed by atoms with Crippen LogP contribution >= 0.6 is 0 Å². The Morgan fingerprint density at radius 1 is 1.23 bits per heavy atom. The molecular formula is C20H22N6O4. The highest BCUT2D eigenvalue weighted by molar-refractivity contribution is 5.98. The zero-order valence-corrected chi connectivity index (χ0v) is 16.4. The Bertz CT molecular complexity index is 1130. The minimum atomic E-state index is -0.947. The molecule has 0 spiro atoms. The van der Waals surface area contributed by atoms with Crippen LogP contribution < -0.4 is 16.6 Å². The van der Waals surface area contributed by atoms with Crippen molar-refractivity contribution in [1.82, 2.24) is 19.9 Å². The topological polar surface area (TPSA) is 164 Å². The molecule has 0 saturated carbocycles. The van der Waals surface area contributed by atoms with Gasteiger partial charge in [-0.25, -0.2) is 9.97 Å². The fourth-order valence-electron chi connectivity index (χ4n) is 3.03. The Morgan fingerprint density at radius 3 is 2.63 bits per heavy atom. The zero-order chi connectivity index (χ0) is 21.7. The standard InChI is InChI=1S/C20H22N6O4/c1-2-3-12(19(29)30)8-15(27)11-4-6-13(7-5-11)22-9-14-10-23-17-16(24-14)18(28)26-20(21)25-17/h4-7,10,12,22H,2-3,8-9H2,1H3,(H,29,30)(H3,21,23,25,26,28)/t12-/m1/s1. The third-order valence-corrected chi connectivity index (χ3v) is 4.58. The number of hydrogen-bond donors (Lipinski definition) is 4. The summed E-state index contributed by atoms with van der Waals surface area (Å²) in [5.74, 6) is -1.84. The number of nitrogens with two attached hydrogens (primary N) is 1. The molecule has 2 heterocycles. The SMILES string of the molecule is CCC[C@H](CC(=O)c1ccc(NCc2cnc3nc(N)[nH]c(=O)c3n2)cc1)C(=O)O. The van der Waals surface area contributed by atoms with Crippen LogP contribution in [0.4, 0.5) is 11.6 Å². The summed E-state index contributed by atoms with van der Waals surface area (Å²) in [6, 6.07) is 6.76. The number of Topliss-reactive ketones (excluding diaryl/α,β-unsaturated/α-hetero) is 1. The van der Waals surface area contributed by atoms with Gasteiger partial charge in [0.15, 0.2) is 16.9 Å². The molecule has 156 valence electrons. The van der Waals surface area contributed by atoms with E-state index < -0.39 is 17.4 Å². The number of benzene rings is 1. The second kappa shape index (κ2) is 9.12. The maximum atomic E-state index is 12.4. The fourth-order valence-corrected chi connectivity index (χ4v) is 3.03. The highest BCUT2D eigenvalue weighted by atomic mass is 16.4. The van der Waals surface area contributed by atoms with E-state index in [0.717, 1.165) is 5.69 Å². The summed E-state index contributed by atoms with van der Waals surface area (Å²) in [7, 11) is 0. The van der Waals surface area contributed by atoms with Crippen LogP contribution in [-0.4, -0.2) is 36.8 Å². The number of carboxylic acid groups (broad SMARTS) is 1. The number of nitrogens with zero attached hydrogens (tertiary/aromatic N) is 3. The van der Waals surface area contributed by atoms with Crippen LogP contribution in [0.15, 0.2) is 35.3 Å². The van der Waals surface area contributed by atoms with Crippen molar-refractivity contribution in [2.24, 2.45) is 5.92 Å². The van der Waals surface area contributed by atoms with E-state index in [-0.39, 0.29) is 29.3 Å². The van der Waals surface area contributed by atoms with Crippen molar-refractivity contribution in [2.45, 2.75) is 32.7 Å². The summed E-state index contributed by atoms with van der Waals surface area (Å²) < 4.78 is 0. The highest BCUT2D eigenvalue weighted by Crippen LogP contribution is 2.18. The van der Waals surface area contributed by atoms with Crippen molar-refractivity contribution in [3.8, 4) is 0 Å². The lowest BCUT2D eigenvalue weighted by atomic mass is 9.94. The van der Waals surface area contributed by atoms with Crippen molar-refractivity contribution in [3.05, 3.63) is 52.1 Å². The van der Waals surface area contributed by atoms with E-state index >= 15 is 0 Å². The molecule has 2 aromatic heterocycles. The summed E-state index contributed by atoms with van der Waals surface area (Å²) >= 11 is 0. The number of hydrogen-bond acceptors (Lipinski definition) is 8. The van der Waals surface area contributed by atoms with Crippen LogP contribution in [0, 0.1) is 5.92 Å². The lowest BCUT2D eigenvalue weighted by molar-refractivity contribution is -0.141. The number of ketones is 1.